The summed E-state index contributed by atoms with van der Waals surface area (Å²) in [6.45, 7) is 5.14. The fourth-order valence-corrected chi connectivity index (χ4v) is 3.50. The molecule has 4 nitrogen and oxygen atoms in total. The number of carbonyl (C=O) groups is 1. The van der Waals surface area contributed by atoms with Gasteiger partial charge >= 0.3 is 5.97 Å². The first-order valence-corrected chi connectivity index (χ1v) is 9.02. The monoisotopic (exact) mass is 338 g/mol. The zero-order chi connectivity index (χ0) is 17.9. The summed E-state index contributed by atoms with van der Waals surface area (Å²) in [4.78, 5) is 15.4. The van der Waals surface area contributed by atoms with Gasteiger partial charge < -0.3 is 10.4 Å². The summed E-state index contributed by atoms with van der Waals surface area (Å²) < 4.78 is 0. The predicted octanol–water partition coefficient (Wildman–Crippen LogP) is 4.16. The van der Waals surface area contributed by atoms with Crippen molar-refractivity contribution >= 4 is 22.6 Å². The van der Waals surface area contributed by atoms with Crippen molar-refractivity contribution in [1.82, 2.24) is 5.32 Å². The number of nitrogens with zero attached hydrogens (tertiary/aromatic N) is 1. The first-order chi connectivity index (χ1) is 12.0. The molecule has 0 bridgehead atoms. The third-order valence-electron chi connectivity index (χ3n) is 4.69. The van der Waals surface area contributed by atoms with Gasteiger partial charge in [0.25, 0.3) is 0 Å². The van der Waals surface area contributed by atoms with Gasteiger partial charge in [-0.25, -0.2) is 0 Å². The van der Waals surface area contributed by atoms with Crippen molar-refractivity contribution in [3.05, 3.63) is 47.5 Å². The number of rotatable bonds is 6. The Labute approximate surface area is 149 Å². The van der Waals surface area contributed by atoms with Gasteiger partial charge in [-0.2, -0.15) is 0 Å². The lowest BCUT2D eigenvalue weighted by Crippen LogP contribution is -2.49. The van der Waals surface area contributed by atoms with Crippen LogP contribution in [0.3, 0.4) is 0 Å². The molecule has 0 aliphatic carbocycles. The lowest BCUT2D eigenvalue weighted by atomic mass is 9.84. The molecule has 0 fully saturated rings. The first-order valence-electron chi connectivity index (χ1n) is 9.02. The van der Waals surface area contributed by atoms with Crippen LogP contribution in [0.2, 0.25) is 0 Å². The molecule has 132 valence electrons. The summed E-state index contributed by atoms with van der Waals surface area (Å²) in [7, 11) is 0. The second kappa shape index (κ2) is 7.26. The quantitative estimate of drug-likeness (QED) is 0.778. The lowest BCUT2D eigenvalue weighted by molar-refractivity contribution is -0.137. The predicted molar refractivity (Wildman–Crippen MR) is 102 cm³/mol. The number of benzene rings is 2. The summed E-state index contributed by atoms with van der Waals surface area (Å²) in [6, 6.07) is 12.9. The van der Waals surface area contributed by atoms with Gasteiger partial charge in [0, 0.05) is 24.1 Å². The Morgan fingerprint density at radius 3 is 2.76 bits per heavy atom. The van der Waals surface area contributed by atoms with Crippen LogP contribution >= 0.6 is 0 Å². The summed E-state index contributed by atoms with van der Waals surface area (Å²) in [5.74, 6) is 0.248. The Kier molecular flexibility index (Phi) is 5.07. The summed E-state index contributed by atoms with van der Waals surface area (Å²) in [5.41, 5.74) is 2.54. The molecule has 3 rings (SSSR count). The van der Waals surface area contributed by atoms with Crippen molar-refractivity contribution < 1.29 is 9.90 Å². The molecule has 25 heavy (non-hydrogen) atoms. The molecule has 1 heterocycles. The van der Waals surface area contributed by atoms with E-state index in [9.17, 15) is 4.79 Å². The third kappa shape index (κ3) is 4.19. The molecule has 0 aromatic heterocycles. The smallest absolute Gasteiger partial charge is 0.303 e. The molecule has 2 N–H and O–H groups in total. The molecule has 0 saturated heterocycles. The Bertz CT molecular complexity index is 809. The number of amidine groups is 1. The molecule has 1 aliphatic rings. The topological polar surface area (TPSA) is 61.7 Å². The van der Waals surface area contributed by atoms with E-state index in [2.05, 4.69) is 55.6 Å². The van der Waals surface area contributed by atoms with E-state index in [1.165, 1.54) is 21.9 Å². The van der Waals surface area contributed by atoms with Crippen LogP contribution in [0, 0.1) is 0 Å². The van der Waals surface area contributed by atoms with Crippen molar-refractivity contribution in [1.29, 1.82) is 0 Å². The third-order valence-corrected chi connectivity index (χ3v) is 4.69. The van der Waals surface area contributed by atoms with Crippen LogP contribution in [0.4, 0.5) is 0 Å². The molecule has 2 aromatic rings. The van der Waals surface area contributed by atoms with Crippen LogP contribution in [0.15, 0.2) is 41.4 Å². The highest BCUT2D eigenvalue weighted by molar-refractivity contribution is 6.06. The van der Waals surface area contributed by atoms with E-state index in [0.29, 0.717) is 0 Å². The second-order valence-corrected chi connectivity index (χ2v) is 7.43. The van der Waals surface area contributed by atoms with Crippen LogP contribution < -0.4 is 5.32 Å². The van der Waals surface area contributed by atoms with Crippen molar-refractivity contribution in [3.8, 4) is 0 Å². The molecule has 0 amide bonds. The SMILES string of the molecule is CC1(C)Cc2c(ccc3ccccc23)C(=NCCCCCC(=O)O)N1. The molecular weight excluding hydrogens is 312 g/mol. The zero-order valence-electron chi connectivity index (χ0n) is 15.0. The molecule has 0 spiro atoms. The van der Waals surface area contributed by atoms with Gasteiger partial charge in [0.05, 0.1) is 0 Å². The van der Waals surface area contributed by atoms with E-state index in [1.54, 1.807) is 0 Å². The van der Waals surface area contributed by atoms with Crippen LogP contribution in [0.5, 0.6) is 0 Å². The zero-order valence-corrected chi connectivity index (χ0v) is 15.0. The van der Waals surface area contributed by atoms with Crippen LogP contribution in [-0.4, -0.2) is 29.0 Å². The standard InChI is InChI=1S/C21H26N2O2/c1-21(2)14-18-16-9-6-5-8-15(16)11-12-17(18)20(23-21)22-13-7-3-4-10-19(24)25/h5-6,8-9,11-12H,3-4,7,10,13-14H2,1-2H3,(H,22,23)(H,24,25). The number of hydrogen-bond donors (Lipinski definition) is 2. The van der Waals surface area contributed by atoms with Crippen LogP contribution in [-0.2, 0) is 11.2 Å². The average molecular weight is 338 g/mol. The normalized spacial score (nSPS) is 17.3. The Morgan fingerprint density at radius 2 is 1.96 bits per heavy atom. The van der Waals surface area contributed by atoms with E-state index < -0.39 is 5.97 Å². The van der Waals surface area contributed by atoms with E-state index >= 15 is 0 Å². The molecule has 4 heteroatoms. The van der Waals surface area contributed by atoms with Gasteiger partial charge in [-0.3, -0.25) is 9.79 Å². The minimum atomic E-state index is -0.720. The highest BCUT2D eigenvalue weighted by Gasteiger charge is 2.29. The number of unbranched alkanes of at least 4 members (excludes halogenated alkanes) is 2. The molecule has 0 saturated carbocycles. The van der Waals surface area contributed by atoms with Gasteiger partial charge in [-0.15, -0.1) is 0 Å². The molecule has 1 aliphatic heterocycles. The highest BCUT2D eigenvalue weighted by atomic mass is 16.4. The number of fused-ring (bicyclic) bond motifs is 3. The minimum Gasteiger partial charge on any atom is -0.481 e. The number of carboxylic acids is 1. The Balaban J connectivity index is 1.80. The number of carboxylic acid groups (broad SMARTS) is 1. The van der Waals surface area contributed by atoms with Crippen molar-refractivity contribution in [2.75, 3.05) is 6.54 Å². The maximum absolute atomic E-state index is 10.6. The summed E-state index contributed by atoms with van der Waals surface area (Å²) >= 11 is 0. The van der Waals surface area contributed by atoms with Gasteiger partial charge in [0.1, 0.15) is 5.84 Å². The summed E-state index contributed by atoms with van der Waals surface area (Å²) in [6.07, 6.45) is 3.76. The average Bonchev–Trinajstić information content (AvgIpc) is 2.56. The highest BCUT2D eigenvalue weighted by Crippen LogP contribution is 2.30. The van der Waals surface area contributed by atoms with Gasteiger partial charge in [0.15, 0.2) is 0 Å². The Hall–Kier alpha value is -2.36. The molecule has 0 unspecified atom stereocenters. The minimum absolute atomic E-state index is 0.0285. The maximum Gasteiger partial charge on any atom is 0.303 e. The fourth-order valence-electron chi connectivity index (χ4n) is 3.50. The van der Waals surface area contributed by atoms with E-state index in [0.717, 1.165) is 38.1 Å². The van der Waals surface area contributed by atoms with Crippen molar-refractivity contribution in [3.63, 3.8) is 0 Å². The second-order valence-electron chi connectivity index (χ2n) is 7.43. The number of aliphatic carboxylic acids is 1. The van der Waals surface area contributed by atoms with Crippen molar-refractivity contribution in [2.45, 2.75) is 51.5 Å². The van der Waals surface area contributed by atoms with Gasteiger partial charge in [-0.1, -0.05) is 42.8 Å². The van der Waals surface area contributed by atoms with E-state index in [4.69, 9.17) is 10.1 Å². The van der Waals surface area contributed by atoms with Gasteiger partial charge in [0.2, 0.25) is 0 Å². The molecular formula is C21H26N2O2. The van der Waals surface area contributed by atoms with Crippen LogP contribution in [0.1, 0.15) is 50.7 Å². The van der Waals surface area contributed by atoms with Crippen LogP contribution in [0.25, 0.3) is 10.8 Å². The maximum atomic E-state index is 10.6. The largest absolute Gasteiger partial charge is 0.481 e. The van der Waals surface area contributed by atoms with Gasteiger partial charge in [-0.05, 0) is 49.4 Å². The molecule has 0 atom stereocenters. The lowest BCUT2D eigenvalue weighted by Gasteiger charge is -2.35. The number of nitrogens with one attached hydrogen (secondary N) is 1. The fraction of sp³-hybridized carbons (Fsp3) is 0.429. The number of aliphatic imine (C=N–C) groups is 1. The Morgan fingerprint density at radius 1 is 1.16 bits per heavy atom. The molecule has 2 aromatic carbocycles. The van der Waals surface area contributed by atoms with Crippen molar-refractivity contribution in [2.24, 2.45) is 4.99 Å². The van der Waals surface area contributed by atoms with E-state index in [-0.39, 0.29) is 12.0 Å². The number of hydrogen-bond acceptors (Lipinski definition) is 2. The summed E-state index contributed by atoms with van der Waals surface area (Å²) in [5, 5.41) is 14.8. The first kappa shape index (κ1) is 17.5. The van der Waals surface area contributed by atoms with E-state index in [1.807, 2.05) is 0 Å². The molecule has 0 radical (unpaired) electrons.